The van der Waals surface area contributed by atoms with Crippen LogP contribution in [0.25, 0.3) is 6.08 Å². The Morgan fingerprint density at radius 2 is 2.00 bits per heavy atom. The third kappa shape index (κ3) is 3.87. The van der Waals surface area contributed by atoms with Gasteiger partial charge in [0.05, 0.1) is 6.10 Å². The minimum absolute atomic E-state index is 0.0198. The van der Waals surface area contributed by atoms with E-state index < -0.39 is 22.1 Å². The second-order valence-electron chi connectivity index (χ2n) is 4.76. The highest BCUT2D eigenvalue weighted by Gasteiger charge is 2.28. The Labute approximate surface area is 122 Å². The molecular weight excluding hydrogens is 296 g/mol. The molecule has 1 aromatic heterocycles. The van der Waals surface area contributed by atoms with Gasteiger partial charge in [0, 0.05) is 31.6 Å². The highest BCUT2D eigenvalue weighted by Crippen LogP contribution is 2.21. The average Bonchev–Trinajstić information content (AvgIpc) is 2.46. The average molecular weight is 312 g/mol. The zero-order valence-electron chi connectivity index (χ0n) is 11.2. The number of piperidine rings is 1. The lowest BCUT2D eigenvalue weighted by molar-refractivity contribution is -0.131. The maximum atomic E-state index is 12.4. The molecule has 0 spiro atoms. The number of aliphatic hydroxyl groups excluding tert-OH is 1. The van der Waals surface area contributed by atoms with Gasteiger partial charge < -0.3 is 10.2 Å². The van der Waals surface area contributed by atoms with Crippen molar-refractivity contribution in [2.75, 3.05) is 13.1 Å². The highest BCUT2D eigenvalue weighted by atomic mass is 32.2. The number of carboxylic acids is 1. The molecule has 0 aromatic carbocycles. The number of nitrogens with zero attached hydrogens (tertiary/aromatic N) is 2. The summed E-state index contributed by atoms with van der Waals surface area (Å²) in [6.07, 6.45) is 5.19. The zero-order chi connectivity index (χ0) is 15.5. The molecule has 0 bridgehead atoms. The largest absolute Gasteiger partial charge is 0.478 e. The van der Waals surface area contributed by atoms with E-state index in [1.807, 2.05) is 0 Å². The topological polar surface area (TPSA) is 108 Å². The summed E-state index contributed by atoms with van der Waals surface area (Å²) in [5.41, 5.74) is 0.399. The maximum Gasteiger partial charge on any atom is 0.328 e. The molecule has 0 saturated carbocycles. The number of pyridine rings is 1. The first-order valence-electron chi connectivity index (χ1n) is 6.44. The molecule has 21 heavy (non-hydrogen) atoms. The summed E-state index contributed by atoms with van der Waals surface area (Å²) in [4.78, 5) is 14.3. The van der Waals surface area contributed by atoms with E-state index in [2.05, 4.69) is 4.98 Å². The van der Waals surface area contributed by atoms with Gasteiger partial charge in [-0.3, -0.25) is 4.98 Å². The van der Waals surface area contributed by atoms with Crippen LogP contribution in [0.4, 0.5) is 0 Å². The molecule has 0 radical (unpaired) electrons. The number of aliphatic hydroxyl groups is 1. The first kappa shape index (κ1) is 15.6. The first-order chi connectivity index (χ1) is 9.89. The number of carboxylic acid groups (broad SMARTS) is 1. The summed E-state index contributed by atoms with van der Waals surface area (Å²) >= 11 is 0. The fourth-order valence-corrected chi connectivity index (χ4v) is 3.54. The highest BCUT2D eigenvalue weighted by molar-refractivity contribution is 7.89. The van der Waals surface area contributed by atoms with Crippen molar-refractivity contribution in [2.24, 2.45) is 0 Å². The van der Waals surface area contributed by atoms with E-state index in [9.17, 15) is 18.3 Å². The summed E-state index contributed by atoms with van der Waals surface area (Å²) in [5, 5.41) is 18.0. The molecular formula is C13H16N2O5S. The Bertz CT molecular complexity index is 648. The van der Waals surface area contributed by atoms with Crippen LogP contribution in [0.15, 0.2) is 29.4 Å². The lowest BCUT2D eigenvalue weighted by Crippen LogP contribution is -2.40. The molecule has 0 amide bonds. The van der Waals surface area contributed by atoms with Gasteiger partial charge in [0.2, 0.25) is 10.0 Å². The molecule has 1 aliphatic rings. The Morgan fingerprint density at radius 3 is 2.62 bits per heavy atom. The van der Waals surface area contributed by atoms with Gasteiger partial charge in [-0.1, -0.05) is 0 Å². The summed E-state index contributed by atoms with van der Waals surface area (Å²) in [7, 11) is -3.67. The standard InChI is InChI=1S/C13H16N2O5S/c16-11-3-5-15(6-4-11)21(19,20)12-7-10(8-14-9-12)1-2-13(17)18/h1-2,7-9,11,16H,3-6H2,(H,17,18). The second-order valence-corrected chi connectivity index (χ2v) is 6.70. The van der Waals surface area contributed by atoms with Gasteiger partial charge in [0.1, 0.15) is 4.90 Å². The third-order valence-corrected chi connectivity index (χ3v) is 5.08. The zero-order valence-corrected chi connectivity index (χ0v) is 12.0. The van der Waals surface area contributed by atoms with E-state index in [0.717, 1.165) is 6.08 Å². The smallest absolute Gasteiger partial charge is 0.328 e. The van der Waals surface area contributed by atoms with E-state index in [4.69, 9.17) is 5.11 Å². The normalized spacial score (nSPS) is 18.1. The van der Waals surface area contributed by atoms with Crippen molar-refractivity contribution < 1.29 is 23.4 Å². The summed E-state index contributed by atoms with van der Waals surface area (Å²) in [6.45, 7) is 0.525. The van der Waals surface area contributed by atoms with Gasteiger partial charge in [0.25, 0.3) is 0 Å². The molecule has 2 N–H and O–H groups in total. The third-order valence-electron chi connectivity index (χ3n) is 3.21. The molecule has 1 fully saturated rings. The second kappa shape index (κ2) is 6.33. The fourth-order valence-electron chi connectivity index (χ4n) is 2.07. The molecule has 7 nitrogen and oxygen atoms in total. The Morgan fingerprint density at radius 1 is 1.33 bits per heavy atom. The van der Waals surface area contributed by atoms with Crippen LogP contribution < -0.4 is 0 Å². The van der Waals surface area contributed by atoms with Crippen LogP contribution >= 0.6 is 0 Å². The van der Waals surface area contributed by atoms with Crippen LogP contribution in [0.1, 0.15) is 18.4 Å². The molecule has 0 unspecified atom stereocenters. The lowest BCUT2D eigenvalue weighted by atomic mass is 10.1. The van der Waals surface area contributed by atoms with E-state index in [-0.39, 0.29) is 18.0 Å². The minimum atomic E-state index is -3.67. The number of sulfonamides is 1. The van der Waals surface area contributed by atoms with Crippen LogP contribution in [-0.4, -0.2) is 53.1 Å². The predicted octanol–water partition coefficient (Wildman–Crippen LogP) is 0.325. The molecule has 114 valence electrons. The summed E-state index contributed by atoms with van der Waals surface area (Å²) < 4.78 is 26.2. The van der Waals surface area contributed by atoms with Gasteiger partial charge in [-0.05, 0) is 30.5 Å². The van der Waals surface area contributed by atoms with Crippen molar-refractivity contribution in [1.82, 2.24) is 9.29 Å². The number of hydrogen-bond donors (Lipinski definition) is 2. The van der Waals surface area contributed by atoms with Crippen LogP contribution in [0.5, 0.6) is 0 Å². The molecule has 1 saturated heterocycles. The van der Waals surface area contributed by atoms with Crippen molar-refractivity contribution in [1.29, 1.82) is 0 Å². The van der Waals surface area contributed by atoms with Crippen molar-refractivity contribution in [3.63, 3.8) is 0 Å². The quantitative estimate of drug-likeness (QED) is 0.775. The number of carbonyl (C=O) groups is 1. The molecule has 1 aromatic rings. The van der Waals surface area contributed by atoms with Crippen LogP contribution in [0.3, 0.4) is 0 Å². The maximum absolute atomic E-state index is 12.4. The molecule has 1 aliphatic heterocycles. The Balaban J connectivity index is 2.24. The minimum Gasteiger partial charge on any atom is -0.478 e. The van der Waals surface area contributed by atoms with Crippen LogP contribution in [0, 0.1) is 0 Å². The lowest BCUT2D eigenvalue weighted by Gasteiger charge is -2.28. The summed E-state index contributed by atoms with van der Waals surface area (Å²) in [6, 6.07) is 1.38. The fraction of sp³-hybridized carbons (Fsp3) is 0.385. The molecule has 0 atom stereocenters. The van der Waals surface area contributed by atoms with Crippen molar-refractivity contribution >= 4 is 22.1 Å². The van der Waals surface area contributed by atoms with Crippen LogP contribution in [-0.2, 0) is 14.8 Å². The number of aromatic nitrogens is 1. The summed E-state index contributed by atoms with van der Waals surface area (Å²) in [5.74, 6) is -1.12. The predicted molar refractivity (Wildman–Crippen MR) is 74.9 cm³/mol. The van der Waals surface area contributed by atoms with E-state index in [1.165, 1.54) is 28.8 Å². The van der Waals surface area contributed by atoms with Crippen molar-refractivity contribution in [3.8, 4) is 0 Å². The first-order valence-corrected chi connectivity index (χ1v) is 7.88. The Kier molecular flexibility index (Phi) is 4.71. The van der Waals surface area contributed by atoms with Gasteiger partial charge in [-0.15, -0.1) is 0 Å². The molecule has 0 aliphatic carbocycles. The van der Waals surface area contributed by atoms with Gasteiger partial charge in [-0.25, -0.2) is 13.2 Å². The van der Waals surface area contributed by atoms with Crippen molar-refractivity contribution in [3.05, 3.63) is 30.1 Å². The molecule has 2 rings (SSSR count). The molecule has 8 heteroatoms. The number of rotatable bonds is 4. The van der Waals surface area contributed by atoms with Gasteiger partial charge in [0.15, 0.2) is 0 Å². The molecule has 2 heterocycles. The van der Waals surface area contributed by atoms with Crippen molar-refractivity contribution in [2.45, 2.75) is 23.8 Å². The Hall–Kier alpha value is -1.77. The monoisotopic (exact) mass is 312 g/mol. The van der Waals surface area contributed by atoms with E-state index >= 15 is 0 Å². The van der Waals surface area contributed by atoms with Gasteiger partial charge in [-0.2, -0.15) is 4.31 Å². The van der Waals surface area contributed by atoms with E-state index in [0.29, 0.717) is 18.4 Å². The number of hydrogen-bond acceptors (Lipinski definition) is 5. The SMILES string of the molecule is O=C(O)C=Cc1cncc(S(=O)(=O)N2CCC(O)CC2)c1. The van der Waals surface area contributed by atoms with E-state index in [1.54, 1.807) is 0 Å². The number of aliphatic carboxylic acids is 1. The van der Waals surface area contributed by atoms with Crippen LogP contribution in [0.2, 0.25) is 0 Å². The van der Waals surface area contributed by atoms with Gasteiger partial charge >= 0.3 is 5.97 Å².